The summed E-state index contributed by atoms with van der Waals surface area (Å²) in [6.45, 7) is 7.01. The maximum Gasteiger partial charge on any atom is 0.0594 e. The van der Waals surface area contributed by atoms with E-state index in [-0.39, 0.29) is 0 Å². The van der Waals surface area contributed by atoms with Gasteiger partial charge in [-0.2, -0.15) is 11.8 Å². The van der Waals surface area contributed by atoms with Crippen molar-refractivity contribution in [2.24, 2.45) is 11.7 Å². The molecule has 168 valence electrons. The Morgan fingerprint density at radius 2 is 2.00 bits per heavy atom. The molecule has 1 aliphatic carbocycles. The fourth-order valence-electron chi connectivity index (χ4n) is 3.90. The molecule has 3 N–H and O–H groups in total. The van der Waals surface area contributed by atoms with E-state index in [1.54, 1.807) is 23.5 Å². The predicted octanol–water partition coefficient (Wildman–Crippen LogP) is 5.03. The summed E-state index contributed by atoms with van der Waals surface area (Å²) in [6.07, 6.45) is 12.6. The van der Waals surface area contributed by atoms with Gasteiger partial charge in [0.15, 0.2) is 0 Å². The van der Waals surface area contributed by atoms with Crippen molar-refractivity contribution >= 4 is 11.8 Å². The van der Waals surface area contributed by atoms with Gasteiger partial charge in [0.2, 0.25) is 0 Å². The highest BCUT2D eigenvalue weighted by Gasteiger charge is 2.20. The number of hydrogen-bond acceptors (Lipinski definition) is 5. The number of rotatable bonds is 9. The molecule has 2 unspecified atom stereocenters. The van der Waals surface area contributed by atoms with E-state index < -0.39 is 0 Å². The van der Waals surface area contributed by atoms with Gasteiger partial charge in [-0.15, -0.1) is 0 Å². The molecule has 2 aromatic rings. The molecular formula is C25H41N3OS. The first-order valence-corrected chi connectivity index (χ1v) is 12.5. The highest BCUT2D eigenvalue weighted by atomic mass is 32.2. The van der Waals surface area contributed by atoms with Gasteiger partial charge in [0.05, 0.1) is 5.69 Å². The molecule has 0 spiro atoms. The van der Waals surface area contributed by atoms with E-state index in [2.05, 4.69) is 46.9 Å². The van der Waals surface area contributed by atoms with Crippen LogP contribution in [-0.4, -0.2) is 40.2 Å². The minimum atomic E-state index is 0.527. The van der Waals surface area contributed by atoms with Gasteiger partial charge in [0, 0.05) is 32.1 Å². The van der Waals surface area contributed by atoms with Crippen LogP contribution in [0.2, 0.25) is 0 Å². The summed E-state index contributed by atoms with van der Waals surface area (Å²) in [6, 6.07) is 7.15. The molecule has 1 heterocycles. The minimum absolute atomic E-state index is 0.527. The quantitative estimate of drug-likeness (QED) is 0.545. The second-order valence-corrected chi connectivity index (χ2v) is 8.53. The van der Waals surface area contributed by atoms with E-state index in [0.29, 0.717) is 5.92 Å². The molecule has 4 nitrogen and oxygen atoms in total. The first kappa shape index (κ1) is 26.6. The largest absolute Gasteiger partial charge is 0.400 e. The van der Waals surface area contributed by atoms with Crippen molar-refractivity contribution in [1.29, 1.82) is 0 Å². The lowest BCUT2D eigenvalue weighted by molar-refractivity contribution is 0.399. The summed E-state index contributed by atoms with van der Waals surface area (Å²) in [5, 5.41) is 7.00. The van der Waals surface area contributed by atoms with Crippen molar-refractivity contribution in [3.63, 3.8) is 0 Å². The average molecular weight is 432 g/mol. The molecule has 1 aromatic heterocycles. The van der Waals surface area contributed by atoms with Crippen molar-refractivity contribution in [2.75, 3.05) is 25.2 Å². The number of aryl methyl sites for hydroxylation is 2. The maximum atomic E-state index is 7.00. The first-order chi connectivity index (χ1) is 14.8. The van der Waals surface area contributed by atoms with Crippen LogP contribution in [0, 0.1) is 5.92 Å². The number of aliphatic hydroxyl groups excluding tert-OH is 1. The molecule has 0 saturated heterocycles. The Balaban J connectivity index is 0.00000106. The molecule has 2 atom stereocenters. The number of hydrogen-bond donors (Lipinski definition) is 2. The number of nitrogens with zero attached hydrogens (tertiary/aromatic N) is 2. The Kier molecular flexibility index (Phi) is 14.4. The van der Waals surface area contributed by atoms with Crippen molar-refractivity contribution in [1.82, 2.24) is 9.97 Å². The predicted molar refractivity (Wildman–Crippen MR) is 131 cm³/mol. The van der Waals surface area contributed by atoms with Crippen LogP contribution in [0.4, 0.5) is 0 Å². The standard InChI is InChI=1S/C22H31N3S.C2H6.CH4O/c1-2-3-21(14-23)20-7-6-18-12-17(4-5-19(18)13-20)16-26-11-8-22-15-24-9-10-25-22;2*1-2/h6-7,9-10,13,15,17,21H,2-5,8,11-12,14,16,23H2,1H3;1-2H3;2H,1H3. The zero-order valence-corrected chi connectivity index (χ0v) is 20.1. The number of thioether (sulfide) groups is 1. The number of aromatic nitrogens is 2. The molecule has 30 heavy (non-hydrogen) atoms. The smallest absolute Gasteiger partial charge is 0.0594 e. The molecule has 5 heteroatoms. The van der Waals surface area contributed by atoms with Gasteiger partial charge in [0.25, 0.3) is 0 Å². The monoisotopic (exact) mass is 431 g/mol. The van der Waals surface area contributed by atoms with E-state index in [0.717, 1.165) is 37.4 Å². The van der Waals surface area contributed by atoms with Crippen LogP contribution < -0.4 is 5.73 Å². The zero-order chi connectivity index (χ0) is 22.2. The van der Waals surface area contributed by atoms with Crippen LogP contribution in [0.5, 0.6) is 0 Å². The van der Waals surface area contributed by atoms with E-state index in [4.69, 9.17) is 10.8 Å². The molecular weight excluding hydrogens is 390 g/mol. The molecule has 0 bridgehead atoms. The van der Waals surface area contributed by atoms with Gasteiger partial charge >= 0.3 is 0 Å². The molecule has 3 rings (SSSR count). The number of nitrogens with two attached hydrogens (primary N) is 1. The van der Waals surface area contributed by atoms with Gasteiger partial charge < -0.3 is 10.8 Å². The van der Waals surface area contributed by atoms with Gasteiger partial charge in [-0.3, -0.25) is 9.97 Å². The lowest BCUT2D eigenvalue weighted by Crippen LogP contribution is -2.18. The Hall–Kier alpha value is -1.43. The van der Waals surface area contributed by atoms with E-state index in [1.165, 1.54) is 43.4 Å². The van der Waals surface area contributed by atoms with Gasteiger partial charge in [-0.1, -0.05) is 45.4 Å². The highest BCUT2D eigenvalue weighted by molar-refractivity contribution is 7.99. The molecule has 0 saturated carbocycles. The molecule has 1 aromatic carbocycles. The molecule has 0 fully saturated rings. The maximum absolute atomic E-state index is 7.00. The van der Waals surface area contributed by atoms with Crippen LogP contribution in [0.1, 0.15) is 68.3 Å². The summed E-state index contributed by atoms with van der Waals surface area (Å²) in [5.41, 5.74) is 11.7. The van der Waals surface area contributed by atoms with Crippen LogP contribution in [0.15, 0.2) is 36.8 Å². The summed E-state index contributed by atoms with van der Waals surface area (Å²) < 4.78 is 0. The van der Waals surface area contributed by atoms with Gasteiger partial charge in [-0.25, -0.2) is 0 Å². The topological polar surface area (TPSA) is 72.0 Å². The fourth-order valence-corrected chi connectivity index (χ4v) is 5.04. The van der Waals surface area contributed by atoms with Crippen LogP contribution in [0.3, 0.4) is 0 Å². The molecule has 0 radical (unpaired) electrons. The Morgan fingerprint density at radius 1 is 1.20 bits per heavy atom. The van der Waals surface area contributed by atoms with Crippen LogP contribution >= 0.6 is 11.8 Å². The van der Waals surface area contributed by atoms with E-state index >= 15 is 0 Å². The van der Waals surface area contributed by atoms with Crippen molar-refractivity contribution in [2.45, 2.75) is 65.2 Å². The molecule has 1 aliphatic rings. The second-order valence-electron chi connectivity index (χ2n) is 7.38. The second kappa shape index (κ2) is 16.3. The summed E-state index contributed by atoms with van der Waals surface area (Å²) in [7, 11) is 1.00. The highest BCUT2D eigenvalue weighted by Crippen LogP contribution is 2.31. The number of fused-ring (bicyclic) bond motifs is 1. The Morgan fingerprint density at radius 3 is 2.67 bits per heavy atom. The van der Waals surface area contributed by atoms with E-state index in [9.17, 15) is 0 Å². The van der Waals surface area contributed by atoms with Crippen LogP contribution in [-0.2, 0) is 19.3 Å². The minimum Gasteiger partial charge on any atom is -0.400 e. The first-order valence-electron chi connectivity index (χ1n) is 11.4. The van der Waals surface area contributed by atoms with Crippen LogP contribution in [0.25, 0.3) is 0 Å². The normalized spacial score (nSPS) is 15.7. The SMILES string of the molecule is CC.CCCC(CN)c1ccc2c(c1)CCC(CSCCc1cnccn1)C2.CO. The number of aliphatic hydroxyl groups is 1. The van der Waals surface area contributed by atoms with Gasteiger partial charge in [0.1, 0.15) is 0 Å². The van der Waals surface area contributed by atoms with Crippen molar-refractivity contribution < 1.29 is 5.11 Å². The van der Waals surface area contributed by atoms with Gasteiger partial charge in [-0.05, 0) is 72.3 Å². The summed E-state index contributed by atoms with van der Waals surface area (Å²) in [5.74, 6) is 3.72. The molecule has 0 amide bonds. The van der Waals surface area contributed by atoms with Crippen molar-refractivity contribution in [3.8, 4) is 0 Å². The molecule has 0 aliphatic heterocycles. The average Bonchev–Trinajstić information content (AvgIpc) is 2.83. The fraction of sp³-hybridized carbons (Fsp3) is 0.600. The summed E-state index contributed by atoms with van der Waals surface area (Å²) in [4.78, 5) is 8.49. The van der Waals surface area contributed by atoms with E-state index in [1.807, 2.05) is 20.0 Å². The third-order valence-corrected chi connectivity index (χ3v) is 6.63. The lowest BCUT2D eigenvalue weighted by Gasteiger charge is -2.26. The number of benzene rings is 1. The lowest BCUT2D eigenvalue weighted by atomic mass is 9.82. The Labute approximate surface area is 188 Å². The van der Waals surface area contributed by atoms with Crippen molar-refractivity contribution in [3.05, 3.63) is 59.2 Å². The zero-order valence-electron chi connectivity index (χ0n) is 19.3. The Bertz CT molecular complexity index is 681. The summed E-state index contributed by atoms with van der Waals surface area (Å²) >= 11 is 2.06. The third-order valence-electron chi connectivity index (χ3n) is 5.43. The third kappa shape index (κ3) is 8.75.